The van der Waals surface area contributed by atoms with E-state index < -0.39 is 37.9 Å². The van der Waals surface area contributed by atoms with Crippen molar-refractivity contribution in [1.82, 2.24) is 13.9 Å². The summed E-state index contributed by atoms with van der Waals surface area (Å²) >= 11 is 0.969. The highest BCUT2D eigenvalue weighted by atomic mass is 32.2. The molecular formula is C22H23FN4O5S3. The summed E-state index contributed by atoms with van der Waals surface area (Å²) in [5.74, 6) is -1.42. The third-order valence-corrected chi connectivity index (χ3v) is 10.6. The predicted octanol–water partition coefficient (Wildman–Crippen LogP) is 1.68. The van der Waals surface area contributed by atoms with Crippen molar-refractivity contribution in [2.75, 3.05) is 13.1 Å². The molecule has 4 rings (SSSR count). The Morgan fingerprint density at radius 1 is 0.971 bits per heavy atom. The zero-order chi connectivity index (χ0) is 25.2. The maximum atomic E-state index is 13.4. The average Bonchev–Trinajstić information content (AvgIpc) is 3.54. The Hall–Kier alpha value is -2.68. The molecule has 1 amide bonds. The van der Waals surface area contributed by atoms with Crippen LogP contribution in [0.3, 0.4) is 0 Å². The molecule has 1 atom stereocenters. The average molecular weight is 539 g/mol. The Labute approximate surface area is 207 Å². The molecule has 1 aliphatic heterocycles. The molecular weight excluding hydrogens is 515 g/mol. The molecule has 1 saturated heterocycles. The standard InChI is InChI=1S/C22H23FN4O5S3/c23-18-6-8-19(9-7-18)34(29,30)26-10-11-27(35(31,32)20-5-2-12-33-20)22(26)21(28)25-15-17-4-1-3-16(13-17)14-24/h1-9,12-13,22H,10-11,14-15,24H2,(H,25,28). The van der Waals surface area contributed by atoms with Crippen molar-refractivity contribution in [3.63, 3.8) is 0 Å². The fourth-order valence-electron chi connectivity index (χ4n) is 3.76. The second kappa shape index (κ2) is 10.1. The van der Waals surface area contributed by atoms with Gasteiger partial charge in [-0.3, -0.25) is 4.79 Å². The van der Waals surface area contributed by atoms with E-state index in [2.05, 4.69) is 5.32 Å². The summed E-state index contributed by atoms with van der Waals surface area (Å²) in [5.41, 5.74) is 7.23. The predicted molar refractivity (Wildman–Crippen MR) is 128 cm³/mol. The summed E-state index contributed by atoms with van der Waals surface area (Å²) in [6, 6.07) is 14.2. The van der Waals surface area contributed by atoms with Crippen molar-refractivity contribution in [2.45, 2.75) is 28.4 Å². The Balaban J connectivity index is 1.68. The number of nitrogens with zero attached hydrogens (tertiary/aromatic N) is 2. The second-order valence-electron chi connectivity index (χ2n) is 7.73. The first-order valence-corrected chi connectivity index (χ1v) is 14.3. The van der Waals surface area contributed by atoms with Crippen LogP contribution >= 0.6 is 11.3 Å². The maximum Gasteiger partial charge on any atom is 0.254 e. The van der Waals surface area contributed by atoms with Crippen LogP contribution in [0, 0.1) is 5.82 Å². The molecule has 0 radical (unpaired) electrons. The van der Waals surface area contributed by atoms with Crippen molar-refractivity contribution < 1.29 is 26.0 Å². The number of thiophene rings is 1. The molecule has 1 aliphatic rings. The summed E-state index contributed by atoms with van der Waals surface area (Å²) < 4.78 is 68.4. The van der Waals surface area contributed by atoms with Crippen LogP contribution in [0.5, 0.6) is 0 Å². The van der Waals surface area contributed by atoms with E-state index in [-0.39, 0.29) is 28.7 Å². The van der Waals surface area contributed by atoms with Gasteiger partial charge in [-0.2, -0.15) is 8.61 Å². The molecule has 2 heterocycles. The van der Waals surface area contributed by atoms with E-state index in [1.807, 2.05) is 6.07 Å². The Kier molecular flexibility index (Phi) is 7.35. The number of benzene rings is 2. The molecule has 1 unspecified atom stereocenters. The minimum atomic E-state index is -4.32. The van der Waals surface area contributed by atoms with Crippen molar-refractivity contribution in [3.8, 4) is 0 Å². The molecule has 13 heteroatoms. The van der Waals surface area contributed by atoms with Crippen molar-refractivity contribution in [1.29, 1.82) is 0 Å². The van der Waals surface area contributed by atoms with Gasteiger partial charge in [-0.05, 0) is 46.8 Å². The molecule has 35 heavy (non-hydrogen) atoms. The highest BCUT2D eigenvalue weighted by Gasteiger charge is 2.49. The normalized spacial score (nSPS) is 17.5. The minimum absolute atomic E-state index is 0.00743. The van der Waals surface area contributed by atoms with Crippen LogP contribution < -0.4 is 11.1 Å². The molecule has 0 aliphatic carbocycles. The minimum Gasteiger partial charge on any atom is -0.349 e. The number of sulfonamides is 2. The quantitative estimate of drug-likeness (QED) is 0.449. The zero-order valence-electron chi connectivity index (χ0n) is 18.4. The van der Waals surface area contributed by atoms with E-state index in [1.165, 1.54) is 6.07 Å². The van der Waals surface area contributed by atoms with E-state index in [4.69, 9.17) is 5.73 Å². The molecule has 186 valence electrons. The molecule has 0 saturated carbocycles. The van der Waals surface area contributed by atoms with Gasteiger partial charge in [0.1, 0.15) is 10.0 Å². The van der Waals surface area contributed by atoms with Crippen LogP contribution in [0.1, 0.15) is 11.1 Å². The number of halogens is 1. The van der Waals surface area contributed by atoms with E-state index in [0.717, 1.165) is 55.3 Å². The maximum absolute atomic E-state index is 13.4. The van der Waals surface area contributed by atoms with Crippen LogP contribution in [-0.2, 0) is 37.9 Å². The molecule has 3 N–H and O–H groups in total. The molecule has 2 aromatic carbocycles. The van der Waals surface area contributed by atoms with E-state index in [1.54, 1.807) is 29.6 Å². The molecule has 0 spiro atoms. The first-order valence-electron chi connectivity index (χ1n) is 10.5. The Bertz CT molecular complexity index is 1410. The van der Waals surface area contributed by atoms with Crippen LogP contribution in [0.4, 0.5) is 4.39 Å². The second-order valence-corrected chi connectivity index (χ2v) is 12.7. The van der Waals surface area contributed by atoms with Crippen LogP contribution in [0.25, 0.3) is 0 Å². The number of carbonyl (C=O) groups is 1. The Morgan fingerprint density at radius 3 is 2.26 bits per heavy atom. The molecule has 1 aromatic heterocycles. The molecule has 0 bridgehead atoms. The molecule has 9 nitrogen and oxygen atoms in total. The monoisotopic (exact) mass is 538 g/mol. The van der Waals surface area contributed by atoms with Crippen LogP contribution in [0.2, 0.25) is 0 Å². The van der Waals surface area contributed by atoms with Crippen molar-refractivity contribution >= 4 is 37.3 Å². The lowest BCUT2D eigenvalue weighted by Gasteiger charge is -2.28. The lowest BCUT2D eigenvalue weighted by molar-refractivity contribution is -0.126. The number of nitrogens with one attached hydrogen (secondary N) is 1. The van der Waals surface area contributed by atoms with Gasteiger partial charge in [0.15, 0.2) is 6.17 Å². The number of rotatable bonds is 8. The third kappa shape index (κ3) is 5.15. The van der Waals surface area contributed by atoms with Gasteiger partial charge < -0.3 is 11.1 Å². The van der Waals surface area contributed by atoms with E-state index in [9.17, 15) is 26.0 Å². The number of amides is 1. The first kappa shape index (κ1) is 25.4. The molecule has 3 aromatic rings. The van der Waals surface area contributed by atoms with Crippen molar-refractivity contribution in [3.05, 3.63) is 83.0 Å². The van der Waals surface area contributed by atoms with Gasteiger partial charge in [0.25, 0.3) is 15.9 Å². The fourth-order valence-corrected chi connectivity index (χ4v) is 8.03. The summed E-state index contributed by atoms with van der Waals surface area (Å²) in [6.07, 6.45) is -1.66. The topological polar surface area (TPSA) is 130 Å². The Morgan fingerprint density at radius 2 is 1.63 bits per heavy atom. The lowest BCUT2D eigenvalue weighted by Crippen LogP contribution is -2.53. The van der Waals surface area contributed by atoms with Gasteiger partial charge in [0, 0.05) is 26.2 Å². The summed E-state index contributed by atoms with van der Waals surface area (Å²) in [6.45, 7) is -0.117. The fraction of sp³-hybridized carbons (Fsp3) is 0.227. The highest BCUT2D eigenvalue weighted by molar-refractivity contribution is 7.91. The van der Waals surface area contributed by atoms with Crippen LogP contribution in [0.15, 0.2) is 75.1 Å². The number of hydrogen-bond acceptors (Lipinski definition) is 7. The lowest BCUT2D eigenvalue weighted by atomic mass is 10.1. The van der Waals surface area contributed by atoms with Gasteiger partial charge in [0.2, 0.25) is 10.0 Å². The van der Waals surface area contributed by atoms with E-state index >= 15 is 0 Å². The van der Waals surface area contributed by atoms with Crippen molar-refractivity contribution in [2.24, 2.45) is 5.73 Å². The number of nitrogens with two attached hydrogens (primary N) is 1. The highest BCUT2D eigenvalue weighted by Crippen LogP contribution is 2.31. The summed E-state index contributed by atoms with van der Waals surface area (Å²) in [4.78, 5) is 13.1. The smallest absolute Gasteiger partial charge is 0.254 e. The SMILES string of the molecule is NCc1cccc(CNC(=O)C2N(S(=O)(=O)c3ccc(F)cc3)CCN2S(=O)(=O)c2cccs2)c1. The van der Waals surface area contributed by atoms with Gasteiger partial charge in [-0.15, -0.1) is 11.3 Å². The summed E-state index contributed by atoms with van der Waals surface area (Å²) in [5, 5.41) is 4.23. The number of carbonyl (C=O) groups excluding carboxylic acids is 1. The van der Waals surface area contributed by atoms with Gasteiger partial charge in [-0.25, -0.2) is 21.2 Å². The molecule has 1 fully saturated rings. The zero-order valence-corrected chi connectivity index (χ0v) is 20.8. The number of hydrogen-bond donors (Lipinski definition) is 2. The first-order chi connectivity index (χ1) is 16.6. The summed E-state index contributed by atoms with van der Waals surface area (Å²) in [7, 11) is -8.48. The van der Waals surface area contributed by atoms with Gasteiger partial charge in [0.05, 0.1) is 4.90 Å². The van der Waals surface area contributed by atoms with Gasteiger partial charge in [-0.1, -0.05) is 30.3 Å². The van der Waals surface area contributed by atoms with Crippen LogP contribution in [-0.4, -0.2) is 50.6 Å². The van der Waals surface area contributed by atoms with E-state index in [0.29, 0.717) is 6.54 Å². The van der Waals surface area contributed by atoms with Gasteiger partial charge >= 0.3 is 0 Å². The largest absolute Gasteiger partial charge is 0.349 e. The third-order valence-electron chi connectivity index (χ3n) is 5.49.